The van der Waals surface area contributed by atoms with Crippen LogP contribution in [0.1, 0.15) is 18.9 Å². The summed E-state index contributed by atoms with van der Waals surface area (Å²) in [7, 11) is 0. The highest BCUT2D eigenvalue weighted by atomic mass is 16.5. The predicted molar refractivity (Wildman–Crippen MR) is 79.8 cm³/mol. The Hall–Kier alpha value is -2.08. The number of carboxylic acids is 1. The highest BCUT2D eigenvalue weighted by Crippen LogP contribution is 2.17. The molecule has 0 saturated carbocycles. The quantitative estimate of drug-likeness (QED) is 0.891. The van der Waals surface area contributed by atoms with E-state index in [0.717, 1.165) is 5.56 Å². The number of carbonyl (C=O) groups excluding carboxylic acids is 1. The van der Waals surface area contributed by atoms with Crippen LogP contribution in [-0.4, -0.2) is 53.8 Å². The summed E-state index contributed by atoms with van der Waals surface area (Å²) in [5, 5.41) is 9.01. The summed E-state index contributed by atoms with van der Waals surface area (Å²) in [5.41, 5.74) is 1.05. The smallest absolute Gasteiger partial charge is 0.334 e. The number of nitrogens with zero attached hydrogens (tertiary/aromatic N) is 1. The molecule has 6 heteroatoms. The molecule has 1 saturated heterocycles. The van der Waals surface area contributed by atoms with Crippen LogP contribution >= 0.6 is 0 Å². The van der Waals surface area contributed by atoms with Crippen LogP contribution in [0, 0.1) is 6.92 Å². The molecule has 6 nitrogen and oxygen atoms in total. The van der Waals surface area contributed by atoms with Crippen molar-refractivity contribution >= 4 is 11.9 Å². The van der Waals surface area contributed by atoms with Crippen molar-refractivity contribution in [2.75, 3.05) is 19.7 Å². The van der Waals surface area contributed by atoms with Gasteiger partial charge in [0.15, 0.2) is 12.2 Å². The zero-order chi connectivity index (χ0) is 16.1. The number of morpholine rings is 1. The number of hydrogen-bond acceptors (Lipinski definition) is 4. The molecule has 1 aromatic rings. The van der Waals surface area contributed by atoms with E-state index in [9.17, 15) is 9.59 Å². The SMILES string of the molecule is CCC(Oc1cccc(C)c1)C(=O)N1CCOC(C(=O)O)C1. The molecule has 1 N–H and O–H groups in total. The third kappa shape index (κ3) is 3.98. The van der Waals surface area contributed by atoms with E-state index in [1.165, 1.54) is 4.90 Å². The van der Waals surface area contributed by atoms with E-state index in [-0.39, 0.29) is 19.1 Å². The van der Waals surface area contributed by atoms with Gasteiger partial charge >= 0.3 is 5.97 Å². The molecule has 22 heavy (non-hydrogen) atoms. The van der Waals surface area contributed by atoms with E-state index in [1.54, 1.807) is 0 Å². The molecule has 0 aliphatic carbocycles. The zero-order valence-electron chi connectivity index (χ0n) is 12.8. The minimum Gasteiger partial charge on any atom is -0.481 e. The Bertz CT molecular complexity index is 545. The van der Waals surface area contributed by atoms with Crippen LogP contribution in [0.15, 0.2) is 24.3 Å². The number of carboxylic acid groups (broad SMARTS) is 1. The summed E-state index contributed by atoms with van der Waals surface area (Å²) in [6, 6.07) is 7.50. The second kappa shape index (κ2) is 7.26. The number of aliphatic carboxylic acids is 1. The zero-order valence-corrected chi connectivity index (χ0v) is 12.8. The van der Waals surface area contributed by atoms with Crippen LogP contribution < -0.4 is 4.74 Å². The molecule has 0 bridgehead atoms. The summed E-state index contributed by atoms with van der Waals surface area (Å²) in [6.45, 7) is 4.49. The van der Waals surface area contributed by atoms with Crippen LogP contribution in [0.3, 0.4) is 0 Å². The van der Waals surface area contributed by atoms with E-state index >= 15 is 0 Å². The minimum absolute atomic E-state index is 0.0574. The summed E-state index contributed by atoms with van der Waals surface area (Å²) in [6.07, 6.45) is -1.06. The van der Waals surface area contributed by atoms with E-state index in [4.69, 9.17) is 14.6 Å². The number of amides is 1. The molecule has 120 valence electrons. The average Bonchev–Trinajstić information content (AvgIpc) is 2.52. The molecule has 1 aliphatic heterocycles. The maximum absolute atomic E-state index is 12.5. The summed E-state index contributed by atoms with van der Waals surface area (Å²) in [4.78, 5) is 25.0. The maximum Gasteiger partial charge on any atom is 0.334 e. The first-order chi connectivity index (χ1) is 10.5. The van der Waals surface area contributed by atoms with Crippen LogP contribution in [0.2, 0.25) is 0 Å². The van der Waals surface area contributed by atoms with Gasteiger partial charge in [-0.1, -0.05) is 19.1 Å². The molecule has 0 aromatic heterocycles. The molecule has 1 aliphatic rings. The Kier molecular flexibility index (Phi) is 5.38. The van der Waals surface area contributed by atoms with Crippen molar-refractivity contribution in [1.82, 2.24) is 4.90 Å². The van der Waals surface area contributed by atoms with Crippen LogP contribution in [-0.2, 0) is 14.3 Å². The molecule has 0 radical (unpaired) electrons. The molecule has 1 fully saturated rings. The molecular formula is C16H21NO5. The van der Waals surface area contributed by atoms with Crippen molar-refractivity contribution in [2.24, 2.45) is 0 Å². The van der Waals surface area contributed by atoms with Crippen molar-refractivity contribution in [3.8, 4) is 5.75 Å². The number of aryl methyl sites for hydroxylation is 1. The van der Waals surface area contributed by atoms with Crippen molar-refractivity contribution < 1.29 is 24.2 Å². The molecule has 0 spiro atoms. The first-order valence-corrected chi connectivity index (χ1v) is 7.37. The molecule has 2 rings (SSSR count). The highest BCUT2D eigenvalue weighted by molar-refractivity contribution is 5.82. The molecule has 1 heterocycles. The van der Waals surface area contributed by atoms with Gasteiger partial charge < -0.3 is 19.5 Å². The lowest BCUT2D eigenvalue weighted by Gasteiger charge is -2.33. The van der Waals surface area contributed by atoms with Gasteiger partial charge in [0.25, 0.3) is 5.91 Å². The highest BCUT2D eigenvalue weighted by Gasteiger charge is 2.32. The molecule has 1 amide bonds. The fraction of sp³-hybridized carbons (Fsp3) is 0.500. The Morgan fingerprint density at radius 2 is 2.27 bits per heavy atom. The van der Waals surface area contributed by atoms with Crippen molar-refractivity contribution in [3.05, 3.63) is 29.8 Å². The number of carbonyl (C=O) groups is 2. The van der Waals surface area contributed by atoms with Gasteiger partial charge in [-0.2, -0.15) is 0 Å². The topological polar surface area (TPSA) is 76.1 Å². The second-order valence-corrected chi connectivity index (χ2v) is 5.31. The van der Waals surface area contributed by atoms with Gasteiger partial charge in [0, 0.05) is 6.54 Å². The monoisotopic (exact) mass is 307 g/mol. The number of hydrogen-bond donors (Lipinski definition) is 1. The van der Waals surface area contributed by atoms with Gasteiger partial charge in [-0.3, -0.25) is 4.79 Å². The van der Waals surface area contributed by atoms with E-state index in [2.05, 4.69) is 0 Å². The third-order valence-corrected chi connectivity index (χ3v) is 3.57. The first-order valence-electron chi connectivity index (χ1n) is 7.37. The lowest BCUT2D eigenvalue weighted by atomic mass is 10.2. The Labute approximate surface area is 129 Å². The van der Waals surface area contributed by atoms with Gasteiger partial charge in [-0.15, -0.1) is 0 Å². The lowest BCUT2D eigenvalue weighted by molar-refractivity contribution is -0.161. The van der Waals surface area contributed by atoms with E-state index in [1.807, 2.05) is 38.1 Å². The average molecular weight is 307 g/mol. The standard InChI is InChI=1S/C16H21NO5/c1-3-13(22-12-6-4-5-11(2)9-12)15(18)17-7-8-21-14(10-17)16(19)20/h4-6,9,13-14H,3,7-8,10H2,1-2H3,(H,19,20). The van der Waals surface area contributed by atoms with Crippen molar-refractivity contribution in [2.45, 2.75) is 32.5 Å². The van der Waals surface area contributed by atoms with Crippen molar-refractivity contribution in [1.29, 1.82) is 0 Å². The summed E-state index contributed by atoms with van der Waals surface area (Å²) < 4.78 is 10.9. The Morgan fingerprint density at radius 1 is 1.50 bits per heavy atom. The Balaban J connectivity index is 2.03. The van der Waals surface area contributed by atoms with Crippen LogP contribution in [0.25, 0.3) is 0 Å². The van der Waals surface area contributed by atoms with Gasteiger partial charge in [0.05, 0.1) is 13.2 Å². The fourth-order valence-corrected chi connectivity index (χ4v) is 2.36. The fourth-order valence-electron chi connectivity index (χ4n) is 2.36. The predicted octanol–water partition coefficient (Wildman–Crippen LogP) is 1.46. The van der Waals surface area contributed by atoms with Crippen LogP contribution in [0.4, 0.5) is 0 Å². The summed E-state index contributed by atoms with van der Waals surface area (Å²) >= 11 is 0. The Morgan fingerprint density at radius 3 is 2.91 bits per heavy atom. The van der Waals surface area contributed by atoms with Crippen molar-refractivity contribution in [3.63, 3.8) is 0 Å². The third-order valence-electron chi connectivity index (χ3n) is 3.57. The normalized spacial score (nSPS) is 19.5. The van der Waals surface area contributed by atoms with E-state index in [0.29, 0.717) is 18.7 Å². The molecular weight excluding hydrogens is 286 g/mol. The van der Waals surface area contributed by atoms with E-state index < -0.39 is 18.2 Å². The van der Waals surface area contributed by atoms with Gasteiger partial charge in [0.1, 0.15) is 5.75 Å². The van der Waals surface area contributed by atoms with Gasteiger partial charge in [-0.05, 0) is 31.0 Å². The molecule has 1 aromatic carbocycles. The second-order valence-electron chi connectivity index (χ2n) is 5.31. The maximum atomic E-state index is 12.5. The lowest BCUT2D eigenvalue weighted by Crippen LogP contribution is -2.52. The number of benzene rings is 1. The van der Waals surface area contributed by atoms with Gasteiger partial charge in [0.2, 0.25) is 0 Å². The first kappa shape index (κ1) is 16.3. The molecule has 2 unspecified atom stereocenters. The molecule has 2 atom stereocenters. The minimum atomic E-state index is -1.05. The summed E-state index contributed by atoms with van der Waals surface area (Å²) in [5.74, 6) is -0.605. The number of ether oxygens (including phenoxy) is 2. The van der Waals surface area contributed by atoms with Crippen LogP contribution in [0.5, 0.6) is 5.75 Å². The largest absolute Gasteiger partial charge is 0.481 e. The van der Waals surface area contributed by atoms with Gasteiger partial charge in [-0.25, -0.2) is 4.79 Å². The number of rotatable bonds is 5.